The van der Waals surface area contributed by atoms with E-state index in [9.17, 15) is 4.39 Å². The van der Waals surface area contributed by atoms with Crippen LogP contribution < -0.4 is 21.3 Å². The van der Waals surface area contributed by atoms with Crippen LogP contribution in [0.15, 0.2) is 141 Å². The standard InChI is InChI=1S/C12H15N3.C11H11Cl2N3.C11H13N3.C10H10FN3/c1-9-5-3-4-6-11(9)10(2)15-12-13-7-8-14-12;1-7(16-11-14-5-6-15-11)8-3-2-4-9(12)10(8)13;1-9-3-2-4-10(7-9)8-14-11-12-5-6-13-11;11-9-3-1-2-8(6-9)7-14-10-12-4-5-13-10/h3-8,10H,1-2H3,(H2,13,14,15);2-7H,1H3,(H2,14,15,16);2-7H,8H2,1H3,(H2,12,13,14);1-6H,7H2,(H2,12,13,14). The van der Waals surface area contributed by atoms with Gasteiger partial charge in [-0.1, -0.05) is 102 Å². The zero-order valence-electron chi connectivity index (χ0n) is 33.3. The Hall–Kier alpha value is -6.57. The second-order valence-electron chi connectivity index (χ2n) is 13.3. The third-order valence-corrected chi connectivity index (χ3v) is 9.53. The molecule has 0 bridgehead atoms. The van der Waals surface area contributed by atoms with Crippen LogP contribution in [0.1, 0.15) is 59.3 Å². The fraction of sp³-hybridized carbons (Fsp3) is 0.182. The van der Waals surface area contributed by atoms with Gasteiger partial charge in [0.25, 0.3) is 0 Å². The van der Waals surface area contributed by atoms with Crippen molar-refractivity contribution in [1.82, 2.24) is 39.9 Å². The predicted molar refractivity (Wildman–Crippen MR) is 238 cm³/mol. The van der Waals surface area contributed by atoms with Crippen molar-refractivity contribution in [3.8, 4) is 0 Å². The first-order valence-electron chi connectivity index (χ1n) is 18.9. The fourth-order valence-electron chi connectivity index (χ4n) is 5.75. The summed E-state index contributed by atoms with van der Waals surface area (Å²) >= 11 is 12.1. The molecule has 0 spiro atoms. The first-order chi connectivity index (χ1) is 28.6. The zero-order valence-corrected chi connectivity index (χ0v) is 34.8. The number of nitrogens with zero attached hydrogens (tertiary/aromatic N) is 4. The van der Waals surface area contributed by atoms with Crippen molar-refractivity contribution in [3.63, 3.8) is 0 Å². The van der Waals surface area contributed by atoms with Crippen LogP contribution in [0.5, 0.6) is 0 Å². The van der Waals surface area contributed by atoms with Crippen molar-refractivity contribution >= 4 is 47.0 Å². The molecule has 0 aliphatic carbocycles. The van der Waals surface area contributed by atoms with E-state index in [0.717, 1.165) is 29.6 Å². The highest BCUT2D eigenvalue weighted by Crippen LogP contribution is 2.31. The largest absolute Gasteiger partial charge is 0.352 e. The summed E-state index contributed by atoms with van der Waals surface area (Å²) in [5.74, 6) is 2.80. The van der Waals surface area contributed by atoms with Crippen LogP contribution in [0.3, 0.4) is 0 Å². The molecule has 0 amide bonds. The minimum atomic E-state index is -0.219. The van der Waals surface area contributed by atoms with Gasteiger partial charge in [-0.25, -0.2) is 24.3 Å². The highest BCUT2D eigenvalue weighted by Gasteiger charge is 2.12. The molecule has 0 saturated carbocycles. The minimum Gasteiger partial charge on any atom is -0.352 e. The van der Waals surface area contributed by atoms with E-state index < -0.39 is 0 Å². The maximum Gasteiger partial charge on any atom is 0.200 e. The maximum atomic E-state index is 12.8. The molecule has 12 nitrogen and oxygen atoms in total. The summed E-state index contributed by atoms with van der Waals surface area (Å²) in [6, 6.07) is 29.1. The lowest BCUT2D eigenvalue weighted by Gasteiger charge is -2.15. The summed E-state index contributed by atoms with van der Waals surface area (Å²) in [6.45, 7) is 9.71. The minimum absolute atomic E-state index is 0.0392. The molecule has 4 aromatic heterocycles. The second-order valence-corrected chi connectivity index (χ2v) is 14.1. The van der Waals surface area contributed by atoms with Crippen LogP contribution in [0.2, 0.25) is 10.0 Å². The van der Waals surface area contributed by atoms with Crippen LogP contribution in [-0.2, 0) is 13.1 Å². The number of imidazole rings is 4. The Morgan fingerprint density at radius 1 is 0.559 bits per heavy atom. The van der Waals surface area contributed by atoms with Gasteiger partial charge in [-0.2, -0.15) is 0 Å². The number of aromatic amines is 4. The van der Waals surface area contributed by atoms with E-state index >= 15 is 0 Å². The van der Waals surface area contributed by atoms with Crippen LogP contribution in [-0.4, -0.2) is 39.9 Å². The van der Waals surface area contributed by atoms with Crippen LogP contribution in [0.4, 0.5) is 28.2 Å². The first-order valence-corrected chi connectivity index (χ1v) is 19.7. The SMILES string of the molecule is CC(Nc1ncc[nH]1)c1cccc(Cl)c1Cl.Cc1cccc(CNc2ncc[nH]2)c1.Cc1ccccc1C(C)Nc1ncc[nH]1.Fc1cccc(CNc2ncc[nH]2)c1. The lowest BCUT2D eigenvalue weighted by atomic mass is 10.0. The topological polar surface area (TPSA) is 163 Å². The monoisotopic (exact) mass is 834 g/mol. The van der Waals surface area contributed by atoms with Crippen molar-refractivity contribution in [2.75, 3.05) is 21.3 Å². The van der Waals surface area contributed by atoms with Crippen molar-refractivity contribution < 1.29 is 4.39 Å². The average molecular weight is 836 g/mol. The predicted octanol–water partition coefficient (Wildman–Crippen LogP) is 11.3. The summed E-state index contributed by atoms with van der Waals surface area (Å²) in [4.78, 5) is 28.2. The molecule has 59 heavy (non-hydrogen) atoms. The van der Waals surface area contributed by atoms with Crippen molar-refractivity contribution in [2.24, 2.45) is 0 Å². The van der Waals surface area contributed by atoms with Gasteiger partial charge < -0.3 is 41.2 Å². The third kappa shape index (κ3) is 14.7. The van der Waals surface area contributed by atoms with Gasteiger partial charge in [0.1, 0.15) is 5.82 Å². The normalized spacial score (nSPS) is 11.3. The van der Waals surface area contributed by atoms with Gasteiger partial charge in [0, 0.05) is 62.7 Å². The van der Waals surface area contributed by atoms with Gasteiger partial charge in [0.2, 0.25) is 11.9 Å². The molecule has 8 aromatic rings. The van der Waals surface area contributed by atoms with Crippen LogP contribution in [0.25, 0.3) is 0 Å². The first kappa shape index (κ1) is 43.6. The van der Waals surface area contributed by atoms with E-state index in [1.165, 1.54) is 34.4 Å². The number of anilines is 4. The summed E-state index contributed by atoms with van der Waals surface area (Å²) < 4.78 is 12.8. The quantitative estimate of drug-likeness (QED) is 0.0603. The lowest BCUT2D eigenvalue weighted by Crippen LogP contribution is -2.08. The molecule has 0 aliphatic heterocycles. The molecule has 4 heterocycles. The third-order valence-electron chi connectivity index (χ3n) is 8.69. The molecule has 0 radical (unpaired) electrons. The lowest BCUT2D eigenvalue weighted by molar-refractivity contribution is 0.626. The molecule has 8 rings (SSSR count). The van der Waals surface area contributed by atoms with E-state index in [2.05, 4.69) is 130 Å². The van der Waals surface area contributed by atoms with Crippen molar-refractivity contribution in [2.45, 2.75) is 52.9 Å². The Morgan fingerprint density at radius 3 is 1.54 bits per heavy atom. The summed E-state index contributed by atoms with van der Waals surface area (Å²) in [5.41, 5.74) is 6.98. The number of H-pyrrole nitrogens is 4. The van der Waals surface area contributed by atoms with Gasteiger partial charge in [-0.05, 0) is 73.7 Å². The Balaban J connectivity index is 0.000000150. The maximum absolute atomic E-state index is 12.8. The Kier molecular flexibility index (Phi) is 17.0. The summed E-state index contributed by atoms with van der Waals surface area (Å²) in [5, 5.41) is 13.9. The Morgan fingerprint density at radius 2 is 1.03 bits per heavy atom. The Bertz CT molecular complexity index is 2270. The van der Waals surface area contributed by atoms with Gasteiger partial charge >= 0.3 is 0 Å². The van der Waals surface area contributed by atoms with Crippen molar-refractivity contribution in [1.29, 1.82) is 0 Å². The molecule has 15 heteroatoms. The van der Waals surface area contributed by atoms with Gasteiger partial charge in [0.05, 0.1) is 22.1 Å². The molecular formula is C44H49Cl2FN12. The summed E-state index contributed by atoms with van der Waals surface area (Å²) in [6.07, 6.45) is 13.9. The van der Waals surface area contributed by atoms with Crippen LogP contribution in [0, 0.1) is 19.7 Å². The van der Waals surface area contributed by atoms with Gasteiger partial charge in [0.15, 0.2) is 11.9 Å². The van der Waals surface area contributed by atoms with Gasteiger partial charge in [-0.3, -0.25) is 0 Å². The molecule has 0 saturated heterocycles. The number of aromatic nitrogens is 8. The molecule has 8 N–H and O–H groups in total. The molecule has 306 valence electrons. The number of benzene rings is 4. The molecular weight excluding hydrogens is 786 g/mol. The van der Waals surface area contributed by atoms with Crippen LogP contribution >= 0.6 is 23.2 Å². The highest BCUT2D eigenvalue weighted by atomic mass is 35.5. The molecule has 0 aliphatic rings. The smallest absolute Gasteiger partial charge is 0.200 e. The number of hydrogen-bond donors (Lipinski definition) is 8. The van der Waals surface area contributed by atoms with E-state index in [1.807, 2.05) is 31.3 Å². The Labute approximate surface area is 353 Å². The number of rotatable bonds is 12. The molecule has 0 fully saturated rings. The zero-order chi connectivity index (χ0) is 41.8. The second kappa shape index (κ2) is 23.0. The molecule has 4 aromatic carbocycles. The molecule has 2 atom stereocenters. The summed E-state index contributed by atoms with van der Waals surface area (Å²) in [7, 11) is 0. The van der Waals surface area contributed by atoms with Gasteiger partial charge in [-0.15, -0.1) is 0 Å². The van der Waals surface area contributed by atoms with E-state index in [0.29, 0.717) is 28.5 Å². The number of halogens is 3. The van der Waals surface area contributed by atoms with E-state index in [4.69, 9.17) is 23.2 Å². The fourth-order valence-corrected chi connectivity index (χ4v) is 6.22. The van der Waals surface area contributed by atoms with E-state index in [-0.39, 0.29) is 17.9 Å². The average Bonchev–Trinajstić information content (AvgIpc) is 4.09. The van der Waals surface area contributed by atoms with E-state index in [1.54, 1.807) is 55.5 Å². The number of hydrogen-bond acceptors (Lipinski definition) is 8. The number of nitrogens with one attached hydrogen (secondary N) is 8. The molecule has 2 unspecified atom stereocenters. The highest BCUT2D eigenvalue weighted by molar-refractivity contribution is 6.42. The number of aryl methyl sites for hydroxylation is 2. The van der Waals surface area contributed by atoms with Crippen molar-refractivity contribution in [3.05, 3.63) is 190 Å².